The summed E-state index contributed by atoms with van der Waals surface area (Å²) in [6, 6.07) is 2.42. The molecule has 0 N–H and O–H groups in total. The normalized spacial score (nSPS) is 13.7. The van der Waals surface area contributed by atoms with E-state index in [9.17, 15) is 0 Å². The van der Waals surface area contributed by atoms with Crippen LogP contribution in [0.2, 0.25) is 0 Å². The highest BCUT2D eigenvalue weighted by Gasteiger charge is 2.05. The maximum atomic E-state index is 8.39. The zero-order chi connectivity index (χ0) is 8.69. The van der Waals surface area contributed by atoms with Crippen molar-refractivity contribution in [3.63, 3.8) is 0 Å². The van der Waals surface area contributed by atoms with Crippen LogP contribution in [0.3, 0.4) is 0 Å². The minimum absolute atomic E-state index is 0.299. The molecule has 0 aromatic carbocycles. The van der Waals surface area contributed by atoms with Crippen LogP contribution in [0.15, 0.2) is 11.6 Å². The molecule has 0 radical (unpaired) electrons. The second kappa shape index (κ2) is 6.21. The summed E-state index contributed by atoms with van der Waals surface area (Å²) in [6.07, 6.45) is 2.42. The van der Waals surface area contributed by atoms with Gasteiger partial charge in [-0.3, -0.25) is 4.90 Å². The number of hydrogen-bond donors (Lipinski definition) is 0. The number of rotatable bonds is 4. The lowest BCUT2D eigenvalue weighted by molar-refractivity contribution is 0.288. The van der Waals surface area contributed by atoms with E-state index in [0.29, 0.717) is 12.5 Å². The summed E-state index contributed by atoms with van der Waals surface area (Å²) in [5.41, 5.74) is 1.50. The van der Waals surface area contributed by atoms with Gasteiger partial charge >= 0.3 is 0 Å². The molecule has 0 amide bonds. The molecule has 1 unspecified atom stereocenters. The first-order valence-electron chi connectivity index (χ1n) is 3.54. The van der Waals surface area contributed by atoms with Gasteiger partial charge in [0.25, 0.3) is 0 Å². The van der Waals surface area contributed by atoms with E-state index in [2.05, 4.69) is 11.0 Å². The zero-order valence-corrected chi connectivity index (χ0v) is 7.67. The van der Waals surface area contributed by atoms with Crippen molar-refractivity contribution in [2.24, 2.45) is 0 Å². The molecule has 3 heteroatoms. The van der Waals surface area contributed by atoms with E-state index in [4.69, 9.17) is 16.9 Å². The Bertz CT molecular complexity index is 160. The summed E-state index contributed by atoms with van der Waals surface area (Å²) in [4.78, 5) is 2.07. The average Bonchev–Trinajstić information content (AvgIpc) is 2.00. The first-order chi connectivity index (χ1) is 5.22. The van der Waals surface area contributed by atoms with Gasteiger partial charge in [0.15, 0.2) is 0 Å². The second-order valence-electron chi connectivity index (χ2n) is 2.51. The van der Waals surface area contributed by atoms with Gasteiger partial charge in [-0.05, 0) is 14.0 Å². The van der Waals surface area contributed by atoms with Crippen molar-refractivity contribution < 1.29 is 0 Å². The topological polar surface area (TPSA) is 27.0 Å². The molecule has 0 spiro atoms. The van der Waals surface area contributed by atoms with E-state index in [-0.39, 0.29) is 0 Å². The Balaban J connectivity index is 3.65. The van der Waals surface area contributed by atoms with E-state index >= 15 is 0 Å². The Morgan fingerprint density at radius 3 is 2.82 bits per heavy atom. The smallest absolute Gasteiger partial charge is 0.0638 e. The molecule has 0 saturated heterocycles. The first-order valence-corrected chi connectivity index (χ1v) is 3.98. The standard InChI is InChI=1S/C8H13ClN2/c1-8(4-6-10)11(2)7-3-5-9/h3,5,8H,4,7H2,1-2H3/b5-3+. The van der Waals surface area contributed by atoms with Crippen LogP contribution in [0.4, 0.5) is 0 Å². The van der Waals surface area contributed by atoms with Gasteiger partial charge in [0.2, 0.25) is 0 Å². The van der Waals surface area contributed by atoms with Crippen molar-refractivity contribution in [2.75, 3.05) is 13.6 Å². The third-order valence-corrected chi connectivity index (χ3v) is 1.80. The van der Waals surface area contributed by atoms with Crippen LogP contribution in [0.1, 0.15) is 13.3 Å². The molecule has 0 aliphatic heterocycles. The molecule has 0 aliphatic carbocycles. The highest BCUT2D eigenvalue weighted by molar-refractivity contribution is 6.25. The van der Waals surface area contributed by atoms with Crippen LogP contribution in [0.5, 0.6) is 0 Å². The van der Waals surface area contributed by atoms with E-state index in [0.717, 1.165) is 6.54 Å². The molecule has 0 saturated carbocycles. The molecule has 11 heavy (non-hydrogen) atoms. The molecule has 0 aliphatic rings. The minimum atomic E-state index is 0.299. The van der Waals surface area contributed by atoms with Crippen molar-refractivity contribution in [3.8, 4) is 6.07 Å². The molecule has 0 fully saturated rings. The third-order valence-electron chi connectivity index (χ3n) is 1.62. The number of nitrogens with zero attached hydrogens (tertiary/aromatic N) is 2. The van der Waals surface area contributed by atoms with Crippen LogP contribution >= 0.6 is 11.6 Å². The quantitative estimate of drug-likeness (QED) is 0.649. The largest absolute Gasteiger partial charge is 0.299 e. The van der Waals surface area contributed by atoms with E-state index in [1.807, 2.05) is 20.0 Å². The van der Waals surface area contributed by atoms with E-state index in [1.54, 1.807) is 0 Å². The number of halogens is 1. The maximum Gasteiger partial charge on any atom is 0.0638 e. The zero-order valence-electron chi connectivity index (χ0n) is 6.92. The van der Waals surface area contributed by atoms with Crippen LogP contribution in [0, 0.1) is 11.3 Å². The SMILES string of the molecule is CC(CC#N)N(C)C/C=C/Cl. The Hall–Kier alpha value is -0.520. The molecule has 0 aromatic rings. The van der Waals surface area contributed by atoms with Gasteiger partial charge in [-0.25, -0.2) is 0 Å². The molecule has 0 bridgehead atoms. The number of likely N-dealkylation sites (N-methyl/N-ethyl adjacent to an activating group) is 1. The van der Waals surface area contributed by atoms with Crippen molar-refractivity contribution in [3.05, 3.63) is 11.6 Å². The summed E-state index contributed by atoms with van der Waals surface area (Å²) >= 11 is 5.36. The molecule has 62 valence electrons. The molecular weight excluding hydrogens is 160 g/mol. The second-order valence-corrected chi connectivity index (χ2v) is 2.76. The molecular formula is C8H13ClN2. The predicted octanol–water partition coefficient (Wildman–Crippen LogP) is 1.97. The predicted molar refractivity (Wildman–Crippen MR) is 47.3 cm³/mol. The van der Waals surface area contributed by atoms with Gasteiger partial charge < -0.3 is 0 Å². The van der Waals surface area contributed by atoms with E-state index < -0.39 is 0 Å². The van der Waals surface area contributed by atoms with Crippen LogP contribution in [-0.4, -0.2) is 24.5 Å². The maximum absolute atomic E-state index is 8.39. The van der Waals surface area contributed by atoms with Crippen molar-refractivity contribution in [1.82, 2.24) is 4.90 Å². The highest BCUT2D eigenvalue weighted by atomic mass is 35.5. The lowest BCUT2D eigenvalue weighted by atomic mass is 10.2. The summed E-state index contributed by atoms with van der Waals surface area (Å²) in [7, 11) is 1.97. The lowest BCUT2D eigenvalue weighted by Gasteiger charge is -2.20. The fourth-order valence-electron chi connectivity index (χ4n) is 0.674. The summed E-state index contributed by atoms with van der Waals surface area (Å²) in [5.74, 6) is 0. The van der Waals surface area contributed by atoms with Crippen LogP contribution < -0.4 is 0 Å². The molecule has 0 heterocycles. The van der Waals surface area contributed by atoms with Gasteiger partial charge in [-0.2, -0.15) is 5.26 Å². The highest BCUT2D eigenvalue weighted by Crippen LogP contribution is 1.99. The number of nitriles is 1. The van der Waals surface area contributed by atoms with Crippen LogP contribution in [-0.2, 0) is 0 Å². The van der Waals surface area contributed by atoms with Crippen molar-refractivity contribution in [1.29, 1.82) is 5.26 Å². The van der Waals surface area contributed by atoms with Gasteiger partial charge in [0.05, 0.1) is 12.5 Å². The Kier molecular flexibility index (Phi) is 5.91. The molecule has 0 aromatic heterocycles. The van der Waals surface area contributed by atoms with Crippen LogP contribution in [0.25, 0.3) is 0 Å². The number of hydrogen-bond acceptors (Lipinski definition) is 2. The molecule has 1 atom stereocenters. The van der Waals surface area contributed by atoms with Gasteiger partial charge in [0, 0.05) is 18.1 Å². The Labute approximate surface area is 73.1 Å². The molecule has 0 rings (SSSR count). The summed E-state index contributed by atoms with van der Waals surface area (Å²) in [5, 5.41) is 8.39. The minimum Gasteiger partial charge on any atom is -0.299 e. The summed E-state index contributed by atoms with van der Waals surface area (Å²) < 4.78 is 0. The molecule has 2 nitrogen and oxygen atoms in total. The Morgan fingerprint density at radius 1 is 1.73 bits per heavy atom. The van der Waals surface area contributed by atoms with E-state index in [1.165, 1.54) is 5.54 Å². The van der Waals surface area contributed by atoms with Gasteiger partial charge in [-0.1, -0.05) is 17.7 Å². The van der Waals surface area contributed by atoms with Crippen molar-refractivity contribution >= 4 is 11.6 Å². The fraction of sp³-hybridized carbons (Fsp3) is 0.625. The Morgan fingerprint density at radius 2 is 2.36 bits per heavy atom. The van der Waals surface area contributed by atoms with Gasteiger partial charge in [-0.15, -0.1) is 0 Å². The fourth-order valence-corrected chi connectivity index (χ4v) is 0.754. The van der Waals surface area contributed by atoms with Gasteiger partial charge in [0.1, 0.15) is 0 Å². The monoisotopic (exact) mass is 172 g/mol. The lowest BCUT2D eigenvalue weighted by Crippen LogP contribution is -2.28. The summed E-state index contributed by atoms with van der Waals surface area (Å²) in [6.45, 7) is 2.82. The average molecular weight is 173 g/mol. The van der Waals surface area contributed by atoms with Crippen molar-refractivity contribution in [2.45, 2.75) is 19.4 Å². The third kappa shape index (κ3) is 4.83. The first kappa shape index (κ1) is 10.5.